The van der Waals surface area contributed by atoms with Crippen LogP contribution in [0.15, 0.2) is 11.2 Å². The van der Waals surface area contributed by atoms with Gasteiger partial charge >= 0.3 is 6.03 Å². The molecule has 1 aliphatic heterocycles. The first-order valence-corrected chi connectivity index (χ1v) is 15.1. The molecule has 9 heteroatoms. The van der Waals surface area contributed by atoms with Crippen LogP contribution in [0.25, 0.3) is 5.57 Å². The van der Waals surface area contributed by atoms with Gasteiger partial charge in [-0.05, 0) is 86.7 Å². The molecule has 2 amide bonds. The van der Waals surface area contributed by atoms with Crippen LogP contribution in [-0.4, -0.2) is 61.0 Å². The number of aryl methyl sites for hydroxylation is 1. The lowest BCUT2D eigenvalue weighted by Gasteiger charge is -2.56. The molecule has 0 bridgehead atoms. The van der Waals surface area contributed by atoms with Gasteiger partial charge < -0.3 is 15.8 Å². The number of rotatable bonds is 6. The Kier molecular flexibility index (Phi) is 6.82. The molecule has 1 aromatic rings. The first-order valence-electron chi connectivity index (χ1n) is 14.3. The molecule has 5 atom stereocenters. The summed E-state index contributed by atoms with van der Waals surface area (Å²) in [5.41, 5.74) is 12.1. The number of anilines is 1. The van der Waals surface area contributed by atoms with Crippen molar-refractivity contribution in [2.45, 2.75) is 65.2 Å². The highest BCUT2D eigenvalue weighted by Crippen LogP contribution is 2.65. The summed E-state index contributed by atoms with van der Waals surface area (Å²) in [4.78, 5) is 20.2. The van der Waals surface area contributed by atoms with Crippen molar-refractivity contribution in [3.8, 4) is 0 Å². The third-order valence-electron chi connectivity index (χ3n) is 10.4. The van der Waals surface area contributed by atoms with Crippen LogP contribution in [0.3, 0.4) is 0 Å². The van der Waals surface area contributed by atoms with Gasteiger partial charge in [-0.3, -0.25) is 4.90 Å². The molecule has 37 heavy (non-hydrogen) atoms. The zero-order valence-corrected chi connectivity index (χ0v) is 23.2. The molecule has 202 valence electrons. The minimum atomic E-state index is -0.570. The fourth-order valence-electron chi connectivity index (χ4n) is 8.37. The van der Waals surface area contributed by atoms with E-state index in [-0.39, 0.29) is 10.8 Å². The molecule has 6 rings (SSSR count). The number of thiazole rings is 1. The van der Waals surface area contributed by atoms with Crippen molar-refractivity contribution in [3.05, 3.63) is 16.6 Å². The highest BCUT2D eigenvalue weighted by molar-refractivity contribution is 7.16. The van der Waals surface area contributed by atoms with Gasteiger partial charge in [0.15, 0.2) is 5.13 Å². The fourth-order valence-corrected chi connectivity index (χ4v) is 9.58. The summed E-state index contributed by atoms with van der Waals surface area (Å²) in [6.07, 6.45) is 11.6. The number of allylic oxidation sites excluding steroid dienone is 2. The van der Waals surface area contributed by atoms with Crippen LogP contribution < -0.4 is 16.5 Å². The van der Waals surface area contributed by atoms with Crippen molar-refractivity contribution in [3.63, 3.8) is 0 Å². The Morgan fingerprint density at radius 3 is 2.84 bits per heavy atom. The van der Waals surface area contributed by atoms with Gasteiger partial charge in [0, 0.05) is 30.8 Å². The molecule has 2 saturated carbocycles. The lowest BCUT2D eigenvalue weighted by Crippen LogP contribution is -2.49. The monoisotopic (exact) mass is 526 g/mol. The normalized spacial score (nSPS) is 36.2. The third-order valence-corrected chi connectivity index (χ3v) is 11.4. The van der Waals surface area contributed by atoms with Gasteiger partial charge in [-0.1, -0.05) is 31.3 Å². The second kappa shape index (κ2) is 9.97. The molecule has 1 saturated heterocycles. The molecule has 0 aromatic carbocycles. The summed E-state index contributed by atoms with van der Waals surface area (Å²) in [7, 11) is 0. The molecule has 0 radical (unpaired) electrons. The Balaban J connectivity index is 1.15. The number of urea groups is 1. The van der Waals surface area contributed by atoms with E-state index in [2.05, 4.69) is 40.7 Å². The zero-order chi connectivity index (χ0) is 25.6. The number of nitrogens with one attached hydrogen (secondary N) is 2. The van der Waals surface area contributed by atoms with Crippen LogP contribution in [0.4, 0.5) is 9.93 Å². The predicted octanol–water partition coefficient (Wildman–Crippen LogP) is 4.48. The topological polar surface area (TPSA) is 105 Å². The van der Waals surface area contributed by atoms with Gasteiger partial charge in [0.2, 0.25) is 0 Å². The Labute approximate surface area is 224 Å². The Morgan fingerprint density at radius 1 is 1.22 bits per heavy atom. The van der Waals surface area contributed by atoms with Crippen LogP contribution in [0.2, 0.25) is 0 Å². The predicted molar refractivity (Wildman–Crippen MR) is 149 cm³/mol. The molecule has 2 heterocycles. The molecule has 0 spiro atoms. The largest absolute Gasteiger partial charge is 0.379 e. The van der Waals surface area contributed by atoms with Crippen LogP contribution in [0.5, 0.6) is 0 Å². The number of ether oxygens (including phenoxy) is 1. The average molecular weight is 527 g/mol. The van der Waals surface area contributed by atoms with Crippen molar-refractivity contribution in [1.82, 2.24) is 15.3 Å². The number of hydrogen-bond acceptors (Lipinski definition) is 7. The summed E-state index contributed by atoms with van der Waals surface area (Å²) in [5.74, 6) is 2.01. The molecule has 5 aliphatic rings. The average Bonchev–Trinajstić information content (AvgIpc) is 3.46. The number of primary amides is 1. The van der Waals surface area contributed by atoms with E-state index in [4.69, 9.17) is 15.5 Å². The maximum Gasteiger partial charge on any atom is 0.332 e. The number of morpholine rings is 1. The lowest BCUT2D eigenvalue weighted by molar-refractivity contribution is 0.0116. The Bertz CT molecular complexity index is 1090. The number of aromatic nitrogens is 1. The van der Waals surface area contributed by atoms with E-state index in [9.17, 15) is 4.79 Å². The molecular weight excluding hydrogens is 484 g/mol. The van der Waals surface area contributed by atoms with E-state index in [1.54, 1.807) is 5.57 Å². The van der Waals surface area contributed by atoms with Gasteiger partial charge in [0.25, 0.3) is 0 Å². The van der Waals surface area contributed by atoms with Crippen LogP contribution in [0, 0.1) is 28.6 Å². The third kappa shape index (κ3) is 4.51. The molecular formula is C28H42N6O2S. The lowest BCUT2D eigenvalue weighted by atomic mass is 9.48. The summed E-state index contributed by atoms with van der Waals surface area (Å²) in [6.45, 7) is 10.8. The van der Waals surface area contributed by atoms with Gasteiger partial charge in [0.05, 0.1) is 23.8 Å². The minimum absolute atomic E-state index is 0.0773. The minimum Gasteiger partial charge on any atom is -0.379 e. The van der Waals surface area contributed by atoms with Crippen molar-refractivity contribution < 1.29 is 9.53 Å². The van der Waals surface area contributed by atoms with E-state index in [1.165, 1.54) is 29.8 Å². The van der Waals surface area contributed by atoms with Gasteiger partial charge in [0.1, 0.15) is 0 Å². The van der Waals surface area contributed by atoms with Crippen LogP contribution >= 0.6 is 11.3 Å². The van der Waals surface area contributed by atoms with Crippen LogP contribution in [0.1, 0.15) is 69.4 Å². The number of carbonyl (C=O) groups is 1. The summed E-state index contributed by atoms with van der Waals surface area (Å²) in [5, 5.41) is 9.19. The highest BCUT2D eigenvalue weighted by Gasteiger charge is 2.58. The summed E-state index contributed by atoms with van der Waals surface area (Å²) >= 11 is 1.88. The number of nitrogens with zero attached hydrogens (tertiary/aromatic N) is 3. The number of nitrogens with two attached hydrogens (primary N) is 1. The van der Waals surface area contributed by atoms with Crippen molar-refractivity contribution in [2.75, 3.05) is 44.7 Å². The molecule has 0 unspecified atom stereocenters. The van der Waals surface area contributed by atoms with E-state index in [0.717, 1.165) is 82.3 Å². The van der Waals surface area contributed by atoms with Gasteiger partial charge in [-0.25, -0.2) is 15.2 Å². The van der Waals surface area contributed by atoms with E-state index < -0.39 is 6.03 Å². The van der Waals surface area contributed by atoms with E-state index in [0.29, 0.717) is 17.8 Å². The van der Waals surface area contributed by atoms with Crippen LogP contribution in [-0.2, 0) is 11.2 Å². The molecule has 4 aliphatic carbocycles. The number of fused-ring (bicyclic) bond motifs is 7. The zero-order valence-electron chi connectivity index (χ0n) is 22.4. The number of hydrogen-bond donors (Lipinski definition) is 3. The van der Waals surface area contributed by atoms with Crippen molar-refractivity contribution in [2.24, 2.45) is 39.4 Å². The smallest absolute Gasteiger partial charge is 0.332 e. The van der Waals surface area contributed by atoms with Gasteiger partial charge in [-0.2, -0.15) is 5.10 Å². The fraction of sp³-hybridized carbons (Fsp3) is 0.750. The molecule has 3 fully saturated rings. The first-order chi connectivity index (χ1) is 17.9. The first kappa shape index (κ1) is 25.3. The van der Waals surface area contributed by atoms with Crippen molar-refractivity contribution in [1.29, 1.82) is 0 Å². The molecule has 1 aromatic heterocycles. The Hall–Kier alpha value is -1.97. The van der Waals surface area contributed by atoms with E-state index in [1.807, 2.05) is 11.3 Å². The summed E-state index contributed by atoms with van der Waals surface area (Å²) in [6, 6.07) is -0.570. The molecule has 4 N–H and O–H groups in total. The van der Waals surface area contributed by atoms with Crippen molar-refractivity contribution >= 4 is 33.8 Å². The van der Waals surface area contributed by atoms with Gasteiger partial charge in [-0.15, -0.1) is 0 Å². The number of amides is 2. The maximum atomic E-state index is 11.3. The maximum absolute atomic E-state index is 11.3. The second-order valence-electron chi connectivity index (χ2n) is 12.2. The number of carbonyl (C=O) groups excluding carboxylic acids is 1. The standard InChI is InChI=1S/C28H42N6O2S/c1-27-11-9-22-24(37-26(31-22)30-12-3-13-34-14-16-36-17-15-34)21(27)5-4-18-19-6-7-23(32-33-25(29)35)28(19,2)10-8-20(18)27/h5,18-20H,3-4,6-17H2,1-2H3,(H,30,31)(H3,29,33,35)/b32-23+/t18-,19-,20-,27+,28-/m0/s1. The SMILES string of the molecule is C[C@]12CCc3nc(NCCCN4CCOCC4)sc3C1=CC[C@@H]1[C@@H]2CC[C@]2(C)/C(=N/NC(N)=O)CC[C@@H]12. The summed E-state index contributed by atoms with van der Waals surface area (Å²) < 4.78 is 5.46. The van der Waals surface area contributed by atoms with E-state index >= 15 is 0 Å². The second-order valence-corrected chi connectivity index (χ2v) is 13.2. The number of hydrazone groups is 1. The Morgan fingerprint density at radius 2 is 2.03 bits per heavy atom. The molecule has 8 nitrogen and oxygen atoms in total. The quantitative estimate of drug-likeness (QED) is 0.374. The highest BCUT2D eigenvalue weighted by atomic mass is 32.1.